The van der Waals surface area contributed by atoms with Gasteiger partial charge in [-0.3, -0.25) is 4.79 Å². The lowest BCUT2D eigenvalue weighted by Crippen LogP contribution is -2.26. The lowest BCUT2D eigenvalue weighted by atomic mass is 10.1. The molecule has 2 rings (SSSR count). The Morgan fingerprint density at radius 2 is 2.00 bits per heavy atom. The quantitative estimate of drug-likeness (QED) is 0.538. The number of carboxylic acids is 1. The van der Waals surface area contributed by atoms with E-state index in [0.29, 0.717) is 0 Å². The van der Waals surface area contributed by atoms with Gasteiger partial charge in [-0.05, 0) is 24.3 Å². The van der Waals surface area contributed by atoms with E-state index >= 15 is 0 Å². The Balaban J connectivity index is 2.05. The van der Waals surface area contributed by atoms with Crippen LogP contribution in [0.25, 0.3) is 0 Å². The molecule has 9 heteroatoms. The molecule has 0 spiro atoms. The average Bonchev–Trinajstić information content (AvgIpc) is 2.65. The summed E-state index contributed by atoms with van der Waals surface area (Å²) in [5.41, 5.74) is 2.04. The fourth-order valence-electron chi connectivity index (χ4n) is 2.17. The molecule has 0 aliphatic heterocycles. The molecule has 2 aromatic rings. The number of hydrogen-bond acceptors (Lipinski definition) is 7. The normalized spacial score (nSPS) is 10.5. The van der Waals surface area contributed by atoms with Crippen LogP contribution in [-0.4, -0.2) is 38.9 Å². The van der Waals surface area contributed by atoms with Crippen molar-refractivity contribution in [3.8, 4) is 17.2 Å². The molecular weight excluding hydrogens is 359 g/mol. The van der Waals surface area contributed by atoms with Gasteiger partial charge in [-0.1, -0.05) is 6.07 Å². The minimum Gasteiger partial charge on any atom is -0.545 e. The fourth-order valence-corrected chi connectivity index (χ4v) is 2.17. The van der Waals surface area contributed by atoms with Crippen molar-refractivity contribution in [1.82, 2.24) is 5.43 Å². The predicted molar refractivity (Wildman–Crippen MR) is 91.5 cm³/mol. The lowest BCUT2D eigenvalue weighted by molar-refractivity contribution is -0.255. The van der Waals surface area contributed by atoms with Crippen molar-refractivity contribution >= 4 is 18.1 Å². The number of ether oxygens (including phenoxy) is 3. The number of hydrogen-bond donors (Lipinski definition) is 1. The molecule has 1 N–H and O–H groups in total. The van der Waals surface area contributed by atoms with Crippen LogP contribution in [0.1, 0.15) is 15.9 Å². The number of methoxy groups -OCH3 is 2. The van der Waals surface area contributed by atoms with E-state index in [0.717, 1.165) is 12.3 Å². The second-order valence-corrected chi connectivity index (χ2v) is 5.09. The molecule has 1 amide bonds. The van der Waals surface area contributed by atoms with Gasteiger partial charge in [-0.2, -0.15) is 5.10 Å². The molecule has 0 fully saturated rings. The number of halogens is 1. The maximum atomic E-state index is 13.0. The van der Waals surface area contributed by atoms with E-state index in [1.54, 1.807) is 0 Å². The third-order valence-corrected chi connectivity index (χ3v) is 3.34. The number of nitrogens with one attached hydrogen (secondary N) is 1. The molecule has 27 heavy (non-hydrogen) atoms. The van der Waals surface area contributed by atoms with Gasteiger partial charge in [0.15, 0.2) is 18.1 Å². The number of carbonyl (C=O) groups is 2. The van der Waals surface area contributed by atoms with Crippen LogP contribution in [0.4, 0.5) is 4.39 Å². The summed E-state index contributed by atoms with van der Waals surface area (Å²) in [4.78, 5) is 23.1. The molecule has 0 aliphatic carbocycles. The monoisotopic (exact) mass is 375 g/mol. The Kier molecular flexibility index (Phi) is 6.70. The molecule has 0 aliphatic rings. The third kappa shape index (κ3) is 5.18. The van der Waals surface area contributed by atoms with E-state index in [9.17, 15) is 19.1 Å². The summed E-state index contributed by atoms with van der Waals surface area (Å²) in [5, 5.41) is 15.1. The highest BCUT2D eigenvalue weighted by Gasteiger charge is 2.15. The molecule has 142 valence electrons. The van der Waals surface area contributed by atoms with Crippen molar-refractivity contribution in [2.45, 2.75) is 0 Å². The Bertz CT molecular complexity index is 869. The minimum absolute atomic E-state index is 0.0257. The number of amides is 1. The van der Waals surface area contributed by atoms with Crippen LogP contribution in [0.2, 0.25) is 0 Å². The van der Waals surface area contributed by atoms with Crippen molar-refractivity contribution in [3.05, 3.63) is 53.3 Å². The SMILES string of the molecule is COc1ccc(/C=N\NC(=O)COc2cccc(F)c2)c(C(=O)[O-])c1OC. The Hall–Kier alpha value is -3.62. The number of rotatable bonds is 8. The fraction of sp³-hybridized carbons (Fsp3) is 0.167. The zero-order chi connectivity index (χ0) is 19.8. The van der Waals surface area contributed by atoms with Gasteiger partial charge in [0.2, 0.25) is 0 Å². The number of aromatic carboxylic acids is 1. The standard InChI is InChI=1S/C18H17FN2O6/c1-25-14-7-6-11(16(18(23)24)17(14)26-2)9-20-21-15(22)10-27-13-5-3-4-12(19)8-13/h3-9H,10H2,1-2H3,(H,21,22)(H,23,24)/p-1/b20-9-. The van der Waals surface area contributed by atoms with Crippen molar-refractivity contribution in [2.24, 2.45) is 5.10 Å². The maximum absolute atomic E-state index is 13.0. The van der Waals surface area contributed by atoms with Gasteiger partial charge in [0.05, 0.1) is 32.0 Å². The largest absolute Gasteiger partial charge is 0.545 e. The minimum atomic E-state index is -1.49. The summed E-state index contributed by atoms with van der Waals surface area (Å²) in [6.07, 6.45) is 1.12. The van der Waals surface area contributed by atoms with Crippen LogP contribution >= 0.6 is 0 Å². The highest BCUT2D eigenvalue weighted by atomic mass is 19.1. The van der Waals surface area contributed by atoms with Crippen LogP contribution in [0.15, 0.2) is 41.5 Å². The van der Waals surface area contributed by atoms with Crippen LogP contribution in [0, 0.1) is 5.82 Å². The number of carbonyl (C=O) groups excluding carboxylic acids is 2. The molecule has 8 nitrogen and oxygen atoms in total. The van der Waals surface area contributed by atoms with E-state index < -0.39 is 24.3 Å². The molecule has 0 bridgehead atoms. The van der Waals surface area contributed by atoms with Gasteiger partial charge in [-0.15, -0.1) is 0 Å². The first kappa shape index (κ1) is 19.7. The molecular formula is C18H16FN2O6-. The van der Waals surface area contributed by atoms with Crippen LogP contribution in [-0.2, 0) is 4.79 Å². The van der Waals surface area contributed by atoms with Crippen LogP contribution in [0.3, 0.4) is 0 Å². The van der Waals surface area contributed by atoms with Crippen LogP contribution in [0.5, 0.6) is 17.2 Å². The van der Waals surface area contributed by atoms with E-state index in [4.69, 9.17) is 14.2 Å². The predicted octanol–water partition coefficient (Wildman–Crippen LogP) is 0.735. The van der Waals surface area contributed by atoms with E-state index in [1.807, 2.05) is 0 Å². The first-order valence-electron chi connectivity index (χ1n) is 7.62. The van der Waals surface area contributed by atoms with E-state index in [1.165, 1.54) is 44.6 Å². The first-order valence-corrected chi connectivity index (χ1v) is 7.62. The zero-order valence-electron chi connectivity index (χ0n) is 14.5. The van der Waals surface area contributed by atoms with Gasteiger partial charge in [0, 0.05) is 11.6 Å². The second-order valence-electron chi connectivity index (χ2n) is 5.09. The molecule has 2 aromatic carbocycles. The smallest absolute Gasteiger partial charge is 0.277 e. The first-order chi connectivity index (χ1) is 13.0. The Morgan fingerprint density at radius 3 is 2.63 bits per heavy atom. The van der Waals surface area contributed by atoms with Gasteiger partial charge in [0.25, 0.3) is 5.91 Å². The highest BCUT2D eigenvalue weighted by molar-refractivity contribution is 6.01. The molecule has 0 saturated heterocycles. The van der Waals surface area contributed by atoms with Gasteiger partial charge >= 0.3 is 0 Å². The number of nitrogens with zero attached hydrogens (tertiary/aromatic N) is 1. The number of hydrazone groups is 1. The number of carboxylic acid groups (broad SMARTS) is 1. The Labute approximate surface area is 154 Å². The molecule has 0 atom stereocenters. The summed E-state index contributed by atoms with van der Waals surface area (Å²) in [7, 11) is 2.65. The molecule has 0 saturated carbocycles. The highest BCUT2D eigenvalue weighted by Crippen LogP contribution is 2.32. The molecule has 0 heterocycles. The van der Waals surface area contributed by atoms with Crippen LogP contribution < -0.4 is 24.7 Å². The van der Waals surface area contributed by atoms with Crippen molar-refractivity contribution in [1.29, 1.82) is 0 Å². The summed E-state index contributed by atoms with van der Waals surface area (Å²) < 4.78 is 28.2. The van der Waals surface area contributed by atoms with Crippen molar-refractivity contribution < 1.29 is 33.3 Å². The summed E-state index contributed by atoms with van der Waals surface area (Å²) >= 11 is 0. The van der Waals surface area contributed by atoms with E-state index in [2.05, 4.69) is 10.5 Å². The molecule has 0 unspecified atom stereocenters. The topological polar surface area (TPSA) is 109 Å². The average molecular weight is 375 g/mol. The summed E-state index contributed by atoms with van der Waals surface area (Å²) in [6, 6.07) is 8.23. The lowest BCUT2D eigenvalue weighted by Gasteiger charge is -2.15. The molecule has 0 aromatic heterocycles. The molecule has 0 radical (unpaired) electrons. The summed E-state index contributed by atoms with van der Waals surface area (Å²) in [6.45, 7) is -0.403. The third-order valence-electron chi connectivity index (χ3n) is 3.34. The van der Waals surface area contributed by atoms with Gasteiger partial charge in [-0.25, -0.2) is 9.82 Å². The van der Waals surface area contributed by atoms with Gasteiger partial charge < -0.3 is 24.1 Å². The van der Waals surface area contributed by atoms with E-state index in [-0.39, 0.29) is 28.4 Å². The van der Waals surface area contributed by atoms with Crippen molar-refractivity contribution in [2.75, 3.05) is 20.8 Å². The maximum Gasteiger partial charge on any atom is 0.277 e. The van der Waals surface area contributed by atoms with Crippen molar-refractivity contribution in [3.63, 3.8) is 0 Å². The Morgan fingerprint density at radius 1 is 1.22 bits per heavy atom. The second kappa shape index (κ2) is 9.18. The summed E-state index contributed by atoms with van der Waals surface area (Å²) in [5.74, 6) is -2.23. The number of benzene rings is 2. The zero-order valence-corrected chi connectivity index (χ0v) is 14.5. The van der Waals surface area contributed by atoms with Gasteiger partial charge in [0.1, 0.15) is 11.6 Å².